The van der Waals surface area contributed by atoms with E-state index >= 15 is 0 Å². The molecule has 5 rings (SSSR count). The molecule has 3 amide bonds. The van der Waals surface area contributed by atoms with E-state index in [0.29, 0.717) is 45.3 Å². The standard InChI is InChI=1S/C34H40N4O4/c1-3-9-32(39)38(27-12-5-4-6-13-27)28-18-19-37(23-28)34(41)31(20-24-14-16-29(42-2)17-15-24)36-33(40)30-21-25-10-7-8-11-26(25)22-35-30/h4-8,10-17,28,30-31,35H,3,9,18-23H2,1-2H3,(H,36,40)/t28-,30-,31-/m1/s1. The second-order valence-electron chi connectivity index (χ2n) is 11.1. The van der Waals surface area contributed by atoms with E-state index in [0.717, 1.165) is 29.0 Å². The summed E-state index contributed by atoms with van der Waals surface area (Å²) in [5, 5.41) is 6.42. The Morgan fingerprint density at radius 3 is 2.43 bits per heavy atom. The number of fused-ring (bicyclic) bond motifs is 1. The van der Waals surface area contributed by atoms with Gasteiger partial charge in [-0.3, -0.25) is 14.4 Å². The number of benzene rings is 3. The lowest BCUT2D eigenvalue weighted by Gasteiger charge is -2.31. The summed E-state index contributed by atoms with van der Waals surface area (Å²) in [6, 6.07) is 24.1. The predicted octanol–water partition coefficient (Wildman–Crippen LogP) is 3.87. The van der Waals surface area contributed by atoms with Gasteiger partial charge in [0.25, 0.3) is 0 Å². The van der Waals surface area contributed by atoms with Crippen molar-refractivity contribution in [1.82, 2.24) is 15.5 Å². The number of nitrogens with one attached hydrogen (secondary N) is 2. The topological polar surface area (TPSA) is 91.0 Å². The molecule has 42 heavy (non-hydrogen) atoms. The van der Waals surface area contributed by atoms with E-state index in [2.05, 4.69) is 22.8 Å². The molecule has 0 spiro atoms. The lowest BCUT2D eigenvalue weighted by molar-refractivity contribution is -0.136. The Morgan fingerprint density at radius 2 is 1.71 bits per heavy atom. The van der Waals surface area contributed by atoms with Gasteiger partial charge in [0.05, 0.1) is 19.2 Å². The maximum atomic E-state index is 14.1. The fourth-order valence-electron chi connectivity index (χ4n) is 5.96. The van der Waals surface area contributed by atoms with Gasteiger partial charge in [0, 0.05) is 38.2 Å². The molecule has 0 aromatic heterocycles. The molecule has 0 bridgehead atoms. The molecule has 0 unspecified atom stereocenters. The molecule has 3 aromatic rings. The van der Waals surface area contributed by atoms with Crippen LogP contribution in [0, 0.1) is 0 Å². The van der Waals surface area contributed by atoms with Crippen LogP contribution in [0.15, 0.2) is 78.9 Å². The van der Waals surface area contributed by atoms with Gasteiger partial charge in [-0.1, -0.05) is 61.5 Å². The Bertz CT molecular complexity index is 1380. The van der Waals surface area contributed by atoms with Gasteiger partial charge in [-0.25, -0.2) is 0 Å². The molecule has 8 heteroatoms. The number of anilines is 1. The van der Waals surface area contributed by atoms with Crippen LogP contribution in [0.2, 0.25) is 0 Å². The molecule has 0 aliphatic carbocycles. The van der Waals surface area contributed by atoms with E-state index in [4.69, 9.17) is 4.74 Å². The maximum Gasteiger partial charge on any atom is 0.245 e. The van der Waals surface area contributed by atoms with Gasteiger partial charge in [-0.2, -0.15) is 0 Å². The van der Waals surface area contributed by atoms with E-state index in [1.54, 1.807) is 12.0 Å². The SMILES string of the molecule is CCCC(=O)N(c1ccccc1)[C@@H]1CCN(C(=O)[C@@H](Cc2ccc(OC)cc2)NC(=O)[C@H]2Cc3ccccc3CN2)C1. The normalized spacial score (nSPS) is 18.6. The Morgan fingerprint density at radius 1 is 1.00 bits per heavy atom. The van der Waals surface area contributed by atoms with E-state index in [9.17, 15) is 14.4 Å². The summed E-state index contributed by atoms with van der Waals surface area (Å²) in [7, 11) is 1.62. The summed E-state index contributed by atoms with van der Waals surface area (Å²) < 4.78 is 5.30. The largest absolute Gasteiger partial charge is 0.497 e. The smallest absolute Gasteiger partial charge is 0.245 e. The fraction of sp³-hybridized carbons (Fsp3) is 0.382. The average molecular weight is 569 g/mol. The summed E-state index contributed by atoms with van der Waals surface area (Å²) in [6.45, 7) is 3.56. The highest BCUT2D eigenvalue weighted by Crippen LogP contribution is 2.26. The fourth-order valence-corrected chi connectivity index (χ4v) is 5.96. The molecular formula is C34H40N4O4. The quantitative estimate of drug-likeness (QED) is 0.388. The number of amides is 3. The number of nitrogens with zero attached hydrogens (tertiary/aromatic N) is 2. The van der Waals surface area contributed by atoms with E-state index in [1.165, 1.54) is 5.56 Å². The zero-order valence-corrected chi connectivity index (χ0v) is 24.4. The molecule has 3 atom stereocenters. The minimum absolute atomic E-state index is 0.0646. The number of para-hydroxylation sites is 1. The maximum absolute atomic E-state index is 14.1. The van der Waals surface area contributed by atoms with Crippen LogP contribution in [-0.4, -0.2) is 60.9 Å². The zero-order valence-electron chi connectivity index (χ0n) is 24.4. The van der Waals surface area contributed by atoms with Crippen LogP contribution in [-0.2, 0) is 33.8 Å². The van der Waals surface area contributed by atoms with Crippen molar-refractivity contribution in [3.8, 4) is 5.75 Å². The van der Waals surface area contributed by atoms with E-state index < -0.39 is 12.1 Å². The van der Waals surface area contributed by atoms with Crippen LogP contribution in [0.3, 0.4) is 0 Å². The van der Waals surface area contributed by atoms with Gasteiger partial charge < -0.3 is 25.2 Å². The number of methoxy groups -OCH3 is 1. The molecular weight excluding hydrogens is 528 g/mol. The molecule has 0 radical (unpaired) electrons. The van der Waals surface area contributed by atoms with Crippen molar-refractivity contribution in [3.05, 3.63) is 95.6 Å². The van der Waals surface area contributed by atoms with Crippen molar-refractivity contribution >= 4 is 23.4 Å². The highest BCUT2D eigenvalue weighted by atomic mass is 16.5. The first-order valence-corrected chi connectivity index (χ1v) is 14.9. The monoisotopic (exact) mass is 568 g/mol. The molecule has 3 aromatic carbocycles. The minimum Gasteiger partial charge on any atom is -0.497 e. The average Bonchev–Trinajstić information content (AvgIpc) is 3.51. The Kier molecular flexibility index (Phi) is 9.54. The number of hydrogen-bond acceptors (Lipinski definition) is 5. The molecule has 220 valence electrons. The predicted molar refractivity (Wildman–Crippen MR) is 163 cm³/mol. The number of carbonyl (C=O) groups is 3. The third-order valence-electron chi connectivity index (χ3n) is 8.22. The Balaban J connectivity index is 1.33. The zero-order chi connectivity index (χ0) is 29.5. The molecule has 2 N–H and O–H groups in total. The second-order valence-corrected chi connectivity index (χ2v) is 11.1. The first-order valence-electron chi connectivity index (χ1n) is 14.9. The number of rotatable bonds is 10. The molecule has 1 saturated heterocycles. The van der Waals surface area contributed by atoms with Gasteiger partial charge in [0.2, 0.25) is 17.7 Å². The molecule has 0 saturated carbocycles. The number of carbonyl (C=O) groups excluding carboxylic acids is 3. The Hall–Kier alpha value is -4.17. The molecule has 2 aliphatic rings. The van der Waals surface area contributed by atoms with Gasteiger partial charge in [0.1, 0.15) is 11.8 Å². The number of hydrogen-bond donors (Lipinski definition) is 2. The first kappa shape index (κ1) is 29.3. The van der Waals surface area contributed by atoms with E-state index in [1.807, 2.05) is 78.6 Å². The summed E-state index contributed by atoms with van der Waals surface area (Å²) in [4.78, 5) is 44.4. The molecule has 2 heterocycles. The highest BCUT2D eigenvalue weighted by molar-refractivity contribution is 5.94. The molecule has 8 nitrogen and oxygen atoms in total. The van der Waals surface area contributed by atoms with Crippen molar-refractivity contribution in [1.29, 1.82) is 0 Å². The summed E-state index contributed by atoms with van der Waals surface area (Å²) in [6.07, 6.45) is 2.82. The van der Waals surface area contributed by atoms with Crippen LogP contribution in [0.4, 0.5) is 5.69 Å². The van der Waals surface area contributed by atoms with Crippen molar-refractivity contribution in [2.45, 2.75) is 63.7 Å². The van der Waals surface area contributed by atoms with Crippen LogP contribution < -0.4 is 20.3 Å². The lowest BCUT2D eigenvalue weighted by atomic mass is 9.95. The second kappa shape index (κ2) is 13.7. The van der Waals surface area contributed by atoms with Crippen LogP contribution in [0.25, 0.3) is 0 Å². The van der Waals surface area contributed by atoms with Gasteiger partial charge in [0.15, 0.2) is 0 Å². The van der Waals surface area contributed by atoms with Crippen molar-refractivity contribution in [3.63, 3.8) is 0 Å². The van der Waals surface area contributed by atoms with Crippen LogP contribution in [0.1, 0.15) is 42.9 Å². The van der Waals surface area contributed by atoms with E-state index in [-0.39, 0.29) is 23.8 Å². The van der Waals surface area contributed by atoms with Crippen LogP contribution >= 0.6 is 0 Å². The third-order valence-corrected chi connectivity index (χ3v) is 8.22. The highest BCUT2D eigenvalue weighted by Gasteiger charge is 2.37. The van der Waals surface area contributed by atoms with Gasteiger partial charge in [-0.05, 0) is 60.2 Å². The van der Waals surface area contributed by atoms with Gasteiger partial charge in [-0.15, -0.1) is 0 Å². The summed E-state index contributed by atoms with van der Waals surface area (Å²) in [5.74, 6) is 0.482. The molecule has 1 fully saturated rings. The Labute approximate surface area is 248 Å². The van der Waals surface area contributed by atoms with Crippen molar-refractivity contribution in [2.24, 2.45) is 0 Å². The summed E-state index contributed by atoms with van der Waals surface area (Å²) >= 11 is 0. The van der Waals surface area contributed by atoms with Crippen LogP contribution in [0.5, 0.6) is 5.75 Å². The van der Waals surface area contributed by atoms with Crippen molar-refractivity contribution < 1.29 is 19.1 Å². The third kappa shape index (κ3) is 6.82. The van der Waals surface area contributed by atoms with Gasteiger partial charge >= 0.3 is 0 Å². The first-order chi connectivity index (χ1) is 20.5. The summed E-state index contributed by atoms with van der Waals surface area (Å²) in [5.41, 5.74) is 4.11. The molecule has 2 aliphatic heterocycles. The van der Waals surface area contributed by atoms with Crippen molar-refractivity contribution in [2.75, 3.05) is 25.1 Å². The lowest BCUT2D eigenvalue weighted by Crippen LogP contribution is -2.55. The number of ether oxygens (including phenoxy) is 1. The minimum atomic E-state index is -0.736. The number of likely N-dealkylation sites (tertiary alicyclic amines) is 1.